The minimum absolute atomic E-state index is 0.0641. The summed E-state index contributed by atoms with van der Waals surface area (Å²) >= 11 is 0. The minimum Gasteiger partial charge on any atom is -0.309 e. The zero-order valence-electron chi connectivity index (χ0n) is 35.2. The Labute approximate surface area is 369 Å². The van der Waals surface area contributed by atoms with Crippen molar-refractivity contribution in [2.75, 3.05) is 4.90 Å². The van der Waals surface area contributed by atoms with E-state index in [9.17, 15) is 0 Å². The highest BCUT2D eigenvalue weighted by Gasteiger charge is 2.57. The first-order chi connectivity index (χ1) is 31.3. The zero-order valence-corrected chi connectivity index (χ0v) is 35.2. The van der Waals surface area contributed by atoms with Gasteiger partial charge in [0.2, 0.25) is 0 Å². The van der Waals surface area contributed by atoms with Crippen molar-refractivity contribution in [3.63, 3.8) is 0 Å². The molecule has 3 unspecified atom stereocenters. The van der Waals surface area contributed by atoms with E-state index in [4.69, 9.17) is 0 Å². The lowest BCUT2D eigenvalue weighted by molar-refractivity contribution is 0.327. The lowest BCUT2D eigenvalue weighted by Gasteiger charge is -2.37. The van der Waals surface area contributed by atoms with Crippen molar-refractivity contribution < 1.29 is 0 Å². The first-order valence-electron chi connectivity index (χ1n) is 22.7. The molecule has 1 aromatic heterocycles. The monoisotopic (exact) mass is 806 g/mol. The van der Waals surface area contributed by atoms with E-state index in [2.05, 4.69) is 228 Å². The smallest absolute Gasteiger partial charge is 0.0543 e. The Morgan fingerprint density at radius 2 is 0.984 bits per heavy atom. The highest BCUT2D eigenvalue weighted by atomic mass is 15.2. The third-order valence-electron chi connectivity index (χ3n) is 14.9. The summed E-state index contributed by atoms with van der Waals surface area (Å²) in [6.07, 6.45) is 5.27. The average Bonchev–Trinajstić information content (AvgIpc) is 4.13. The molecule has 0 aliphatic heterocycles. The van der Waals surface area contributed by atoms with Gasteiger partial charge in [0.1, 0.15) is 0 Å². The molecule has 3 aliphatic carbocycles. The number of benzene rings is 9. The molecule has 3 atom stereocenters. The molecule has 0 N–H and O–H groups in total. The topological polar surface area (TPSA) is 8.17 Å². The van der Waals surface area contributed by atoms with E-state index in [0.717, 1.165) is 23.0 Å². The van der Waals surface area contributed by atoms with Gasteiger partial charge in [0.15, 0.2) is 0 Å². The van der Waals surface area contributed by atoms with Gasteiger partial charge in [-0.05, 0) is 118 Å². The summed E-state index contributed by atoms with van der Waals surface area (Å²) in [6.45, 7) is 0. The average molecular weight is 807 g/mol. The summed E-state index contributed by atoms with van der Waals surface area (Å²) < 4.78 is 2.45. The van der Waals surface area contributed by atoms with Gasteiger partial charge in [-0.3, -0.25) is 0 Å². The predicted molar refractivity (Wildman–Crippen MR) is 263 cm³/mol. The van der Waals surface area contributed by atoms with Crippen LogP contribution in [0.2, 0.25) is 0 Å². The van der Waals surface area contributed by atoms with Crippen molar-refractivity contribution in [3.8, 4) is 50.2 Å². The van der Waals surface area contributed by atoms with Gasteiger partial charge in [0.05, 0.1) is 22.4 Å². The highest BCUT2D eigenvalue weighted by Crippen LogP contribution is 2.67. The van der Waals surface area contributed by atoms with Crippen LogP contribution < -0.4 is 4.90 Å². The maximum absolute atomic E-state index is 2.59. The fraction of sp³-hybridized carbons (Fsp3) is 0.115. The molecule has 0 saturated heterocycles. The van der Waals surface area contributed by atoms with Crippen LogP contribution in [0.5, 0.6) is 0 Å². The normalized spacial score (nSPS) is 18.3. The predicted octanol–water partition coefficient (Wildman–Crippen LogP) is 16.3. The molecule has 2 heteroatoms. The van der Waals surface area contributed by atoms with Crippen molar-refractivity contribution in [2.24, 2.45) is 11.8 Å². The van der Waals surface area contributed by atoms with Gasteiger partial charge in [0, 0.05) is 38.7 Å². The molecule has 9 aromatic carbocycles. The van der Waals surface area contributed by atoms with Gasteiger partial charge in [-0.25, -0.2) is 0 Å². The molecule has 2 saturated carbocycles. The van der Waals surface area contributed by atoms with Crippen molar-refractivity contribution in [1.29, 1.82) is 0 Å². The number of fused-ring (bicyclic) bond motifs is 11. The quantitative estimate of drug-likeness (QED) is 0.156. The Kier molecular flexibility index (Phi) is 8.24. The maximum atomic E-state index is 2.59. The maximum Gasteiger partial charge on any atom is 0.0543 e. The van der Waals surface area contributed by atoms with Gasteiger partial charge in [-0.15, -0.1) is 0 Å². The molecule has 2 fully saturated rings. The standard InChI is InChI=1S/C61H46N2/c1-2-18-42(19-3-1)46-22-4-5-23-47(46)48-24-6-7-25-49(48)50-26-9-13-32-56(50)63(45-21-16-20-44(39-45)62-57-33-14-10-27-51(57)52-28-11-15-34-58(52)62)59-35-17-31-55-60(59)53-29-8-12-30-54(53)61(55)40-41-36-37-43(61)38-41/h1-35,39,41,43H,36-38,40H2. The molecular weight excluding hydrogens is 761 g/mol. The van der Waals surface area contributed by atoms with E-state index in [1.165, 1.54) is 109 Å². The molecule has 1 spiro atoms. The molecule has 63 heavy (non-hydrogen) atoms. The Morgan fingerprint density at radius 3 is 1.70 bits per heavy atom. The Bertz CT molecular complexity index is 3340. The number of rotatable bonds is 7. The molecule has 2 nitrogen and oxygen atoms in total. The third kappa shape index (κ3) is 5.44. The van der Waals surface area contributed by atoms with E-state index in [1.54, 1.807) is 0 Å². The van der Waals surface area contributed by atoms with Crippen molar-refractivity contribution in [1.82, 2.24) is 4.57 Å². The van der Waals surface area contributed by atoms with E-state index < -0.39 is 0 Å². The Balaban J connectivity index is 1.08. The second kappa shape index (κ2) is 14.3. The highest BCUT2D eigenvalue weighted by molar-refractivity contribution is 6.09. The fourth-order valence-electron chi connectivity index (χ4n) is 12.4. The Hall–Kier alpha value is -7.42. The second-order valence-corrected chi connectivity index (χ2v) is 18.0. The summed E-state index contributed by atoms with van der Waals surface area (Å²) in [5.41, 5.74) is 20.3. The number of anilines is 3. The molecule has 0 amide bonds. The van der Waals surface area contributed by atoms with Crippen LogP contribution in [0.3, 0.4) is 0 Å². The van der Waals surface area contributed by atoms with Gasteiger partial charge in [0.25, 0.3) is 0 Å². The Morgan fingerprint density at radius 1 is 0.429 bits per heavy atom. The van der Waals surface area contributed by atoms with Crippen LogP contribution in [0.4, 0.5) is 17.1 Å². The van der Waals surface area contributed by atoms with Crippen LogP contribution in [0, 0.1) is 11.8 Å². The first kappa shape index (κ1) is 36.3. The summed E-state index contributed by atoms with van der Waals surface area (Å²) in [5, 5.41) is 2.53. The number of nitrogens with zero attached hydrogens (tertiary/aromatic N) is 2. The number of aromatic nitrogens is 1. The van der Waals surface area contributed by atoms with E-state index in [1.807, 2.05) is 0 Å². The SMILES string of the molecule is c1ccc(-c2ccccc2-c2ccccc2-c2ccccc2N(c2cccc(-n3c4ccccc4c4ccccc43)c2)c2cccc3c2-c2ccccc2C32CC3CCC2C3)cc1. The second-order valence-electron chi connectivity index (χ2n) is 18.0. The molecule has 2 bridgehead atoms. The van der Waals surface area contributed by atoms with E-state index in [0.29, 0.717) is 5.92 Å². The van der Waals surface area contributed by atoms with Crippen LogP contribution in [0.15, 0.2) is 218 Å². The van der Waals surface area contributed by atoms with Crippen LogP contribution in [-0.4, -0.2) is 4.57 Å². The largest absolute Gasteiger partial charge is 0.309 e. The van der Waals surface area contributed by atoms with E-state index in [-0.39, 0.29) is 5.41 Å². The molecule has 1 heterocycles. The van der Waals surface area contributed by atoms with Crippen LogP contribution in [0.25, 0.3) is 72.0 Å². The minimum atomic E-state index is 0.0641. The number of hydrogen-bond donors (Lipinski definition) is 0. The van der Waals surface area contributed by atoms with Gasteiger partial charge in [-0.1, -0.05) is 182 Å². The molecule has 0 radical (unpaired) electrons. The number of hydrogen-bond acceptors (Lipinski definition) is 1. The summed E-state index contributed by atoms with van der Waals surface area (Å²) in [6, 6.07) is 81.3. The van der Waals surface area contributed by atoms with E-state index >= 15 is 0 Å². The summed E-state index contributed by atoms with van der Waals surface area (Å²) in [4.78, 5) is 2.59. The van der Waals surface area contributed by atoms with Crippen molar-refractivity contribution in [2.45, 2.75) is 31.1 Å². The van der Waals surface area contributed by atoms with Crippen molar-refractivity contribution >= 4 is 38.9 Å². The fourth-order valence-corrected chi connectivity index (χ4v) is 12.4. The van der Waals surface area contributed by atoms with Crippen LogP contribution >= 0.6 is 0 Å². The molecule has 13 rings (SSSR count). The lowest BCUT2D eigenvalue weighted by Crippen LogP contribution is -2.31. The van der Waals surface area contributed by atoms with Gasteiger partial charge in [-0.2, -0.15) is 0 Å². The van der Waals surface area contributed by atoms with Gasteiger partial charge < -0.3 is 9.47 Å². The van der Waals surface area contributed by atoms with Gasteiger partial charge >= 0.3 is 0 Å². The first-order valence-corrected chi connectivity index (χ1v) is 22.7. The molecule has 10 aromatic rings. The summed E-state index contributed by atoms with van der Waals surface area (Å²) in [7, 11) is 0. The lowest BCUT2D eigenvalue weighted by atomic mass is 9.67. The molecular formula is C61H46N2. The number of para-hydroxylation sites is 3. The molecule has 3 aliphatic rings. The zero-order chi connectivity index (χ0) is 41.5. The third-order valence-corrected chi connectivity index (χ3v) is 14.9. The molecule has 300 valence electrons. The summed E-state index contributed by atoms with van der Waals surface area (Å²) in [5.74, 6) is 1.48. The van der Waals surface area contributed by atoms with Crippen LogP contribution in [0.1, 0.15) is 36.8 Å². The van der Waals surface area contributed by atoms with Crippen LogP contribution in [-0.2, 0) is 5.41 Å². The van der Waals surface area contributed by atoms with Crippen molar-refractivity contribution in [3.05, 3.63) is 230 Å².